The van der Waals surface area contributed by atoms with Crippen LogP contribution in [0.2, 0.25) is 0 Å². The first-order valence-electron chi connectivity index (χ1n) is 12.2. The molecule has 0 saturated carbocycles. The largest absolute Gasteiger partial charge is 0.459 e. The number of anilines is 2. The SMILES string of the molecule is Cc1ccc(SC2=C(Nc3ccc(C(C)C)cc3)C(=O)N(c3ccc(C(=O)OC(C)C)cc3)C2=O)cc1. The second-order valence-corrected chi connectivity index (χ2v) is 10.6. The maximum Gasteiger partial charge on any atom is 0.338 e. The molecule has 0 aromatic heterocycles. The minimum atomic E-state index is -0.457. The highest BCUT2D eigenvalue weighted by atomic mass is 32.2. The maximum absolute atomic E-state index is 13.6. The molecule has 2 amide bonds. The van der Waals surface area contributed by atoms with Crippen LogP contribution in [-0.4, -0.2) is 23.9 Å². The summed E-state index contributed by atoms with van der Waals surface area (Å²) in [6.45, 7) is 9.78. The van der Waals surface area contributed by atoms with Gasteiger partial charge in [0.05, 0.1) is 17.4 Å². The number of ether oxygens (including phenoxy) is 1. The summed E-state index contributed by atoms with van der Waals surface area (Å²) < 4.78 is 5.23. The Morgan fingerprint density at radius 1 is 0.838 bits per heavy atom. The highest BCUT2D eigenvalue weighted by Crippen LogP contribution is 2.38. The molecule has 6 nitrogen and oxygen atoms in total. The third-order valence-electron chi connectivity index (χ3n) is 5.83. The van der Waals surface area contributed by atoms with Crippen molar-refractivity contribution < 1.29 is 19.1 Å². The van der Waals surface area contributed by atoms with Crippen LogP contribution in [0.5, 0.6) is 0 Å². The Labute approximate surface area is 221 Å². The number of nitrogens with zero attached hydrogens (tertiary/aromatic N) is 1. The Morgan fingerprint density at radius 2 is 1.46 bits per heavy atom. The van der Waals surface area contributed by atoms with Crippen molar-refractivity contribution in [2.75, 3.05) is 10.2 Å². The Kier molecular flexibility index (Phi) is 7.83. The fourth-order valence-electron chi connectivity index (χ4n) is 3.80. The van der Waals surface area contributed by atoms with Gasteiger partial charge in [0, 0.05) is 10.6 Å². The summed E-state index contributed by atoms with van der Waals surface area (Å²) in [5.74, 6) is -0.951. The molecular weight excluding hydrogens is 484 g/mol. The van der Waals surface area contributed by atoms with Gasteiger partial charge in [-0.05, 0) is 80.8 Å². The average molecular weight is 515 g/mol. The summed E-state index contributed by atoms with van der Waals surface area (Å²) in [7, 11) is 0. The Bertz CT molecular complexity index is 1340. The molecular formula is C30H30N2O4S. The molecule has 0 radical (unpaired) electrons. The van der Waals surface area contributed by atoms with Crippen LogP contribution in [0.3, 0.4) is 0 Å². The average Bonchev–Trinajstić information content (AvgIpc) is 3.09. The van der Waals surface area contributed by atoms with Crippen LogP contribution in [-0.2, 0) is 14.3 Å². The molecule has 0 atom stereocenters. The molecule has 0 aliphatic carbocycles. The van der Waals surface area contributed by atoms with E-state index in [4.69, 9.17) is 4.74 Å². The highest BCUT2D eigenvalue weighted by molar-refractivity contribution is 8.04. The van der Waals surface area contributed by atoms with E-state index in [2.05, 4.69) is 19.2 Å². The van der Waals surface area contributed by atoms with Gasteiger partial charge in [0.1, 0.15) is 10.6 Å². The van der Waals surface area contributed by atoms with E-state index in [9.17, 15) is 14.4 Å². The predicted octanol–water partition coefficient (Wildman–Crippen LogP) is 6.67. The summed E-state index contributed by atoms with van der Waals surface area (Å²) in [6, 6.07) is 21.9. The first-order chi connectivity index (χ1) is 17.6. The van der Waals surface area contributed by atoms with Crippen LogP contribution in [0.15, 0.2) is 88.3 Å². The number of rotatable bonds is 8. The molecule has 0 saturated heterocycles. The number of carbonyl (C=O) groups is 3. The third kappa shape index (κ3) is 5.94. The third-order valence-corrected chi connectivity index (χ3v) is 6.92. The van der Waals surface area contributed by atoms with Gasteiger partial charge in [0.25, 0.3) is 11.8 Å². The van der Waals surface area contributed by atoms with E-state index in [1.165, 1.54) is 17.3 Å². The molecule has 1 N–H and O–H groups in total. The Morgan fingerprint density at radius 3 is 2.03 bits per heavy atom. The van der Waals surface area contributed by atoms with Gasteiger partial charge in [0.15, 0.2) is 0 Å². The quantitative estimate of drug-likeness (QED) is 0.267. The van der Waals surface area contributed by atoms with E-state index in [1.807, 2.05) is 55.5 Å². The molecule has 190 valence electrons. The second-order valence-electron chi connectivity index (χ2n) is 9.47. The number of aryl methyl sites for hydroxylation is 1. The van der Waals surface area contributed by atoms with E-state index in [0.717, 1.165) is 21.0 Å². The first-order valence-corrected chi connectivity index (χ1v) is 13.0. The highest BCUT2D eigenvalue weighted by Gasteiger charge is 2.40. The predicted molar refractivity (Wildman–Crippen MR) is 148 cm³/mol. The topological polar surface area (TPSA) is 75.7 Å². The van der Waals surface area contributed by atoms with Gasteiger partial charge < -0.3 is 10.1 Å². The first kappa shape index (κ1) is 26.2. The van der Waals surface area contributed by atoms with Crippen molar-refractivity contribution in [1.82, 2.24) is 0 Å². The van der Waals surface area contributed by atoms with Crippen molar-refractivity contribution in [3.63, 3.8) is 0 Å². The van der Waals surface area contributed by atoms with Crippen LogP contribution in [0, 0.1) is 6.92 Å². The molecule has 3 aromatic rings. The molecule has 0 unspecified atom stereocenters. The fraction of sp³-hybridized carbons (Fsp3) is 0.233. The molecule has 1 heterocycles. The molecule has 0 spiro atoms. The Balaban J connectivity index is 1.66. The van der Waals surface area contributed by atoms with Crippen molar-refractivity contribution in [2.24, 2.45) is 0 Å². The van der Waals surface area contributed by atoms with Crippen molar-refractivity contribution in [3.8, 4) is 0 Å². The number of esters is 1. The molecule has 1 aliphatic rings. The van der Waals surface area contributed by atoms with Gasteiger partial charge >= 0.3 is 5.97 Å². The normalized spacial score (nSPS) is 13.6. The summed E-state index contributed by atoms with van der Waals surface area (Å²) in [5, 5.41) is 3.19. The number of nitrogens with one attached hydrogen (secondary N) is 1. The van der Waals surface area contributed by atoms with Crippen LogP contribution in [0.1, 0.15) is 55.1 Å². The molecule has 37 heavy (non-hydrogen) atoms. The van der Waals surface area contributed by atoms with Crippen molar-refractivity contribution in [2.45, 2.75) is 51.5 Å². The standard InChI is InChI=1S/C30H30N2O4S/c1-18(2)21-8-12-23(13-9-21)31-26-27(37-25-16-6-20(5)7-17-25)29(34)32(28(26)33)24-14-10-22(11-15-24)30(35)36-19(3)4/h6-19,31H,1-5H3. The number of hydrogen-bond donors (Lipinski definition) is 1. The summed E-state index contributed by atoms with van der Waals surface area (Å²) in [4.78, 5) is 41.7. The molecule has 4 rings (SSSR count). The smallest absolute Gasteiger partial charge is 0.338 e. The lowest BCUT2D eigenvalue weighted by Gasteiger charge is -2.16. The van der Waals surface area contributed by atoms with Crippen LogP contribution in [0.4, 0.5) is 11.4 Å². The zero-order valence-corrected chi connectivity index (χ0v) is 22.4. The van der Waals surface area contributed by atoms with E-state index >= 15 is 0 Å². The van der Waals surface area contributed by atoms with Crippen molar-refractivity contribution in [1.29, 1.82) is 0 Å². The monoisotopic (exact) mass is 514 g/mol. The van der Waals surface area contributed by atoms with E-state index in [1.54, 1.807) is 38.1 Å². The number of carbonyl (C=O) groups excluding carboxylic acids is 3. The molecule has 0 fully saturated rings. The van der Waals surface area contributed by atoms with Gasteiger partial charge in [-0.15, -0.1) is 0 Å². The molecule has 0 bridgehead atoms. The summed E-state index contributed by atoms with van der Waals surface area (Å²) in [6.07, 6.45) is -0.247. The van der Waals surface area contributed by atoms with E-state index < -0.39 is 17.8 Å². The van der Waals surface area contributed by atoms with Gasteiger partial charge in [0.2, 0.25) is 0 Å². The molecule has 7 heteroatoms. The zero-order valence-electron chi connectivity index (χ0n) is 21.6. The van der Waals surface area contributed by atoms with Crippen molar-refractivity contribution in [3.05, 3.63) is 100 Å². The van der Waals surface area contributed by atoms with Crippen LogP contribution < -0.4 is 10.2 Å². The van der Waals surface area contributed by atoms with Gasteiger partial charge in [-0.1, -0.05) is 55.4 Å². The number of imide groups is 1. The lowest BCUT2D eigenvalue weighted by Crippen LogP contribution is -2.32. The summed E-state index contributed by atoms with van der Waals surface area (Å²) in [5.41, 5.74) is 3.95. The maximum atomic E-state index is 13.6. The molecule has 3 aromatic carbocycles. The van der Waals surface area contributed by atoms with Crippen molar-refractivity contribution >= 4 is 40.9 Å². The van der Waals surface area contributed by atoms with Crippen LogP contribution in [0.25, 0.3) is 0 Å². The van der Waals surface area contributed by atoms with E-state index in [0.29, 0.717) is 22.1 Å². The summed E-state index contributed by atoms with van der Waals surface area (Å²) >= 11 is 1.25. The fourth-order valence-corrected chi connectivity index (χ4v) is 4.72. The Hall–Kier alpha value is -3.84. The minimum Gasteiger partial charge on any atom is -0.459 e. The lowest BCUT2D eigenvalue weighted by molar-refractivity contribution is -0.120. The number of hydrogen-bond acceptors (Lipinski definition) is 6. The molecule has 1 aliphatic heterocycles. The second kappa shape index (κ2) is 11.0. The minimum absolute atomic E-state index is 0.219. The number of benzene rings is 3. The zero-order chi connectivity index (χ0) is 26.7. The van der Waals surface area contributed by atoms with Gasteiger partial charge in [-0.2, -0.15) is 0 Å². The number of amides is 2. The van der Waals surface area contributed by atoms with Gasteiger partial charge in [-0.3, -0.25) is 9.59 Å². The van der Waals surface area contributed by atoms with Crippen LogP contribution >= 0.6 is 11.8 Å². The van der Waals surface area contributed by atoms with Gasteiger partial charge in [-0.25, -0.2) is 9.69 Å². The lowest BCUT2D eigenvalue weighted by atomic mass is 10.0. The number of thioether (sulfide) groups is 1. The van der Waals surface area contributed by atoms with E-state index in [-0.39, 0.29) is 11.8 Å².